The number of benzene rings is 2. The minimum atomic E-state index is -0.0932. The number of nitrogens with one attached hydrogen (secondary N) is 1. The van der Waals surface area contributed by atoms with Crippen molar-refractivity contribution >= 4 is 28.9 Å². The minimum Gasteiger partial charge on any atom is -0.318 e. The monoisotopic (exact) mass is 429 g/mol. The summed E-state index contributed by atoms with van der Waals surface area (Å²) in [5, 5.41) is 3.56. The van der Waals surface area contributed by atoms with Crippen molar-refractivity contribution in [3.63, 3.8) is 0 Å². The topological polar surface area (TPSA) is 46.4 Å². The van der Waals surface area contributed by atoms with Gasteiger partial charge in [-0.25, -0.2) is 0 Å². The normalized spacial score (nSPS) is 16.4. The summed E-state index contributed by atoms with van der Waals surface area (Å²) in [6.07, 6.45) is 1.96. The molecule has 1 N–H and O–H groups in total. The van der Waals surface area contributed by atoms with E-state index in [4.69, 9.17) is 0 Å². The van der Waals surface area contributed by atoms with Crippen LogP contribution in [0.25, 0.3) is 11.8 Å². The maximum Gasteiger partial charge on any atom is 0.264 e. The Morgan fingerprint density at radius 1 is 0.935 bits per heavy atom. The number of carbonyl (C=O) groups excluding carboxylic acids is 1. The summed E-state index contributed by atoms with van der Waals surface area (Å²) in [7, 11) is 0. The van der Waals surface area contributed by atoms with E-state index in [0.717, 1.165) is 28.2 Å². The van der Waals surface area contributed by atoms with E-state index < -0.39 is 0 Å². The number of rotatable bonds is 4. The molecule has 2 aromatic carbocycles. The quantitative estimate of drug-likeness (QED) is 0.535. The Balaban J connectivity index is 1.56. The Morgan fingerprint density at radius 3 is 2.29 bits per heavy atom. The third kappa shape index (κ3) is 4.67. The molecule has 31 heavy (non-hydrogen) atoms. The van der Waals surface area contributed by atoms with Crippen LogP contribution in [0.15, 0.2) is 58.4 Å². The highest BCUT2D eigenvalue weighted by molar-refractivity contribution is 8.18. The van der Waals surface area contributed by atoms with Crippen molar-refractivity contribution in [1.29, 1.82) is 0 Å². The Labute approximate surface area is 188 Å². The van der Waals surface area contributed by atoms with Gasteiger partial charge in [0, 0.05) is 17.1 Å². The third-order valence-corrected chi connectivity index (χ3v) is 6.33. The van der Waals surface area contributed by atoms with Crippen LogP contribution in [0.5, 0.6) is 0 Å². The second-order valence-corrected chi connectivity index (χ2v) is 9.21. The molecule has 0 saturated carbocycles. The number of aryl methyl sites for hydroxylation is 4. The fourth-order valence-corrected chi connectivity index (χ4v) is 4.80. The largest absolute Gasteiger partial charge is 0.318 e. The second kappa shape index (κ2) is 8.60. The van der Waals surface area contributed by atoms with Gasteiger partial charge in [0.25, 0.3) is 5.91 Å². The lowest BCUT2D eigenvalue weighted by Crippen LogP contribution is -2.19. The van der Waals surface area contributed by atoms with Gasteiger partial charge in [0.15, 0.2) is 5.17 Å². The zero-order chi connectivity index (χ0) is 22.1. The first-order valence-electron chi connectivity index (χ1n) is 10.4. The van der Waals surface area contributed by atoms with Crippen LogP contribution in [-0.2, 0) is 11.3 Å². The summed E-state index contributed by atoms with van der Waals surface area (Å²) in [4.78, 5) is 17.8. The number of carbonyl (C=O) groups is 1. The number of hydrogen-bond acceptors (Lipinski definition) is 3. The molecular formula is C26H27N3OS. The van der Waals surface area contributed by atoms with Crippen molar-refractivity contribution in [1.82, 2.24) is 9.88 Å². The van der Waals surface area contributed by atoms with E-state index in [1.54, 1.807) is 0 Å². The van der Waals surface area contributed by atoms with Gasteiger partial charge < -0.3 is 9.88 Å². The first-order valence-corrected chi connectivity index (χ1v) is 11.2. The van der Waals surface area contributed by atoms with E-state index in [2.05, 4.69) is 98.0 Å². The highest BCUT2D eigenvalue weighted by Crippen LogP contribution is 2.29. The van der Waals surface area contributed by atoms with Crippen molar-refractivity contribution in [3.8, 4) is 5.69 Å². The molecule has 1 aliphatic rings. The maximum absolute atomic E-state index is 12.5. The summed E-state index contributed by atoms with van der Waals surface area (Å²) in [6, 6.07) is 17.0. The molecule has 0 atom stereocenters. The zero-order valence-corrected chi connectivity index (χ0v) is 19.4. The van der Waals surface area contributed by atoms with Crippen LogP contribution in [-0.4, -0.2) is 15.6 Å². The molecule has 5 heteroatoms. The van der Waals surface area contributed by atoms with Crippen molar-refractivity contribution in [2.45, 2.75) is 41.2 Å². The fourth-order valence-electron chi connectivity index (χ4n) is 3.99. The maximum atomic E-state index is 12.5. The summed E-state index contributed by atoms with van der Waals surface area (Å²) in [5.41, 5.74) is 9.27. The number of aromatic nitrogens is 1. The zero-order valence-electron chi connectivity index (χ0n) is 18.6. The van der Waals surface area contributed by atoms with Crippen LogP contribution >= 0.6 is 11.8 Å². The molecule has 4 rings (SSSR count). The molecular weight excluding hydrogens is 402 g/mol. The lowest BCUT2D eigenvalue weighted by atomic mass is 10.1. The van der Waals surface area contributed by atoms with E-state index >= 15 is 0 Å². The summed E-state index contributed by atoms with van der Waals surface area (Å²) >= 11 is 1.40. The molecule has 1 amide bonds. The molecule has 0 unspecified atom stereocenters. The van der Waals surface area contributed by atoms with E-state index in [1.807, 2.05) is 6.08 Å². The van der Waals surface area contributed by atoms with Crippen molar-refractivity contribution in [3.05, 3.63) is 92.6 Å². The summed E-state index contributed by atoms with van der Waals surface area (Å²) < 4.78 is 2.22. The van der Waals surface area contributed by atoms with E-state index in [0.29, 0.717) is 16.6 Å². The predicted octanol–water partition coefficient (Wildman–Crippen LogP) is 5.78. The van der Waals surface area contributed by atoms with Crippen LogP contribution in [0, 0.1) is 34.6 Å². The number of thioether (sulfide) groups is 1. The Kier molecular flexibility index (Phi) is 5.88. The fraction of sp³-hybridized carbons (Fsp3) is 0.231. The van der Waals surface area contributed by atoms with Crippen LogP contribution in [0.4, 0.5) is 0 Å². The van der Waals surface area contributed by atoms with Gasteiger partial charge >= 0.3 is 0 Å². The van der Waals surface area contributed by atoms with Crippen molar-refractivity contribution in [2.75, 3.05) is 0 Å². The van der Waals surface area contributed by atoms with Gasteiger partial charge in [-0.15, -0.1) is 0 Å². The van der Waals surface area contributed by atoms with E-state index in [1.165, 1.54) is 28.5 Å². The van der Waals surface area contributed by atoms with Gasteiger partial charge in [0.05, 0.1) is 11.4 Å². The number of amidine groups is 1. The number of nitrogens with zero attached hydrogens (tertiary/aromatic N) is 2. The summed E-state index contributed by atoms with van der Waals surface area (Å²) in [5.74, 6) is -0.0932. The van der Waals surface area contributed by atoms with Gasteiger partial charge in [-0.2, -0.15) is 0 Å². The third-order valence-electron chi connectivity index (χ3n) is 5.39. The molecule has 0 radical (unpaired) electrons. The average Bonchev–Trinajstić information content (AvgIpc) is 3.19. The predicted molar refractivity (Wildman–Crippen MR) is 131 cm³/mol. The second-order valence-electron chi connectivity index (χ2n) is 8.18. The van der Waals surface area contributed by atoms with Gasteiger partial charge in [0.2, 0.25) is 0 Å². The van der Waals surface area contributed by atoms with E-state index in [9.17, 15) is 4.79 Å². The highest BCUT2D eigenvalue weighted by Gasteiger charge is 2.24. The average molecular weight is 430 g/mol. The molecule has 4 nitrogen and oxygen atoms in total. The Hall–Kier alpha value is -3.05. The standard InChI is InChI=1S/C26H27N3OS/c1-16-6-8-23(9-7-16)29-19(4)13-22(20(29)5)14-24-25(30)28-26(31-24)27-15-21-11-17(2)10-18(3)12-21/h6-14H,15H2,1-5H3,(H,27,28,30)/b24-14-. The van der Waals surface area contributed by atoms with E-state index in [-0.39, 0.29) is 5.91 Å². The molecule has 1 aromatic heterocycles. The van der Waals surface area contributed by atoms with Crippen LogP contribution in [0.3, 0.4) is 0 Å². The minimum absolute atomic E-state index is 0.0932. The molecule has 2 heterocycles. The van der Waals surface area contributed by atoms with Crippen molar-refractivity contribution < 1.29 is 4.79 Å². The number of aliphatic imine (C=N–C) groups is 1. The van der Waals surface area contributed by atoms with Crippen LogP contribution in [0.2, 0.25) is 0 Å². The Bertz CT molecular complexity index is 1200. The van der Waals surface area contributed by atoms with Gasteiger partial charge in [-0.1, -0.05) is 47.0 Å². The molecule has 0 bridgehead atoms. The van der Waals surface area contributed by atoms with Gasteiger partial charge in [-0.3, -0.25) is 9.79 Å². The van der Waals surface area contributed by atoms with Crippen LogP contribution in [0.1, 0.15) is 39.2 Å². The molecule has 0 aliphatic carbocycles. The van der Waals surface area contributed by atoms with Gasteiger partial charge in [0.1, 0.15) is 0 Å². The molecule has 1 fully saturated rings. The molecule has 0 spiro atoms. The summed E-state index contributed by atoms with van der Waals surface area (Å²) in [6.45, 7) is 11.0. The lowest BCUT2D eigenvalue weighted by molar-refractivity contribution is -0.115. The molecule has 158 valence electrons. The SMILES string of the molecule is Cc1ccc(-n2c(C)cc(/C=C3\SC(=NCc4cc(C)cc(C)c4)NC3=O)c2C)cc1. The highest BCUT2D eigenvalue weighted by atomic mass is 32.2. The smallest absolute Gasteiger partial charge is 0.264 e. The first kappa shape index (κ1) is 21.2. The first-order chi connectivity index (χ1) is 14.8. The van der Waals surface area contributed by atoms with Crippen molar-refractivity contribution in [2.24, 2.45) is 4.99 Å². The molecule has 1 aliphatic heterocycles. The Morgan fingerprint density at radius 2 is 1.61 bits per heavy atom. The molecule has 1 saturated heterocycles. The molecule has 3 aromatic rings. The lowest BCUT2D eigenvalue weighted by Gasteiger charge is -2.10. The van der Waals surface area contributed by atoms with Crippen LogP contribution < -0.4 is 5.32 Å². The number of hydrogen-bond donors (Lipinski definition) is 1. The number of amides is 1. The van der Waals surface area contributed by atoms with Gasteiger partial charge in [-0.05, 0) is 81.8 Å².